The van der Waals surface area contributed by atoms with Gasteiger partial charge in [-0.3, -0.25) is 4.79 Å². The SMILES string of the molecule is CC1(C)OB(CC(=O)c2ccc(N3CCCC3)cc2)OC1(C)C. The van der Waals surface area contributed by atoms with Gasteiger partial charge in [-0.05, 0) is 64.8 Å². The maximum absolute atomic E-state index is 12.5. The third kappa shape index (κ3) is 3.31. The first-order valence-electron chi connectivity index (χ1n) is 8.52. The summed E-state index contributed by atoms with van der Waals surface area (Å²) in [6, 6.07) is 7.92. The minimum atomic E-state index is -0.467. The van der Waals surface area contributed by atoms with Crippen LogP contribution in [0.3, 0.4) is 0 Å². The van der Waals surface area contributed by atoms with E-state index in [1.807, 2.05) is 52.0 Å². The Morgan fingerprint density at radius 3 is 2.09 bits per heavy atom. The predicted molar refractivity (Wildman–Crippen MR) is 93.1 cm³/mol. The second kappa shape index (κ2) is 5.95. The lowest BCUT2D eigenvalue weighted by Gasteiger charge is -2.32. The first-order chi connectivity index (χ1) is 10.8. The van der Waals surface area contributed by atoms with E-state index in [-0.39, 0.29) is 12.1 Å². The third-order valence-electron chi connectivity index (χ3n) is 5.31. The van der Waals surface area contributed by atoms with Crippen molar-refractivity contribution in [3.63, 3.8) is 0 Å². The Bertz CT molecular complexity index is 560. The van der Waals surface area contributed by atoms with E-state index in [0.29, 0.717) is 0 Å². The highest BCUT2D eigenvalue weighted by atomic mass is 16.7. The van der Waals surface area contributed by atoms with Gasteiger partial charge in [-0.1, -0.05) is 0 Å². The molecule has 1 aromatic rings. The van der Waals surface area contributed by atoms with Crippen molar-refractivity contribution in [2.75, 3.05) is 18.0 Å². The van der Waals surface area contributed by atoms with Crippen molar-refractivity contribution < 1.29 is 14.1 Å². The van der Waals surface area contributed by atoms with Crippen LogP contribution in [0.2, 0.25) is 6.32 Å². The molecule has 0 aromatic heterocycles. The van der Waals surface area contributed by atoms with Crippen molar-refractivity contribution in [3.8, 4) is 0 Å². The molecule has 2 heterocycles. The summed E-state index contributed by atoms with van der Waals surface area (Å²) in [7, 11) is -0.467. The lowest BCUT2D eigenvalue weighted by molar-refractivity contribution is 0.00578. The van der Waals surface area contributed by atoms with Crippen LogP contribution < -0.4 is 4.90 Å². The van der Waals surface area contributed by atoms with Crippen molar-refractivity contribution in [1.29, 1.82) is 0 Å². The first kappa shape index (κ1) is 16.5. The molecule has 1 aromatic carbocycles. The summed E-state index contributed by atoms with van der Waals surface area (Å²) >= 11 is 0. The van der Waals surface area contributed by atoms with E-state index in [1.54, 1.807) is 0 Å². The smallest absolute Gasteiger partial charge is 0.403 e. The largest absolute Gasteiger partial charge is 0.465 e. The van der Waals surface area contributed by atoms with Crippen LogP contribution in [0.15, 0.2) is 24.3 Å². The number of hydrogen-bond acceptors (Lipinski definition) is 4. The average molecular weight is 315 g/mol. The van der Waals surface area contributed by atoms with E-state index in [2.05, 4.69) is 4.90 Å². The first-order valence-corrected chi connectivity index (χ1v) is 8.52. The van der Waals surface area contributed by atoms with E-state index in [0.717, 1.165) is 18.7 Å². The Balaban J connectivity index is 1.63. The number of rotatable bonds is 4. The fraction of sp³-hybridized carbons (Fsp3) is 0.611. The van der Waals surface area contributed by atoms with E-state index in [4.69, 9.17) is 9.31 Å². The van der Waals surface area contributed by atoms with Crippen LogP contribution in [-0.2, 0) is 9.31 Å². The number of carbonyl (C=O) groups is 1. The zero-order valence-corrected chi connectivity index (χ0v) is 14.6. The lowest BCUT2D eigenvalue weighted by atomic mass is 9.80. The second-order valence-electron chi connectivity index (χ2n) is 7.55. The maximum atomic E-state index is 12.5. The molecular formula is C18H26BNO3. The topological polar surface area (TPSA) is 38.8 Å². The molecule has 0 spiro atoms. The molecule has 0 unspecified atom stereocenters. The Labute approximate surface area is 139 Å². The van der Waals surface area contributed by atoms with Gasteiger partial charge in [0.05, 0.1) is 11.2 Å². The van der Waals surface area contributed by atoms with Crippen molar-refractivity contribution in [1.82, 2.24) is 0 Å². The summed E-state index contributed by atoms with van der Waals surface area (Å²) in [6.45, 7) is 10.2. The predicted octanol–water partition coefficient (Wildman–Crippen LogP) is 3.56. The Kier molecular flexibility index (Phi) is 4.28. The van der Waals surface area contributed by atoms with Crippen LogP contribution in [0.4, 0.5) is 5.69 Å². The zero-order valence-electron chi connectivity index (χ0n) is 14.6. The summed E-state index contributed by atoms with van der Waals surface area (Å²) in [5, 5.41) is 0. The van der Waals surface area contributed by atoms with Crippen LogP contribution >= 0.6 is 0 Å². The van der Waals surface area contributed by atoms with Crippen LogP contribution in [0.25, 0.3) is 0 Å². The van der Waals surface area contributed by atoms with Crippen LogP contribution in [0, 0.1) is 0 Å². The molecule has 0 radical (unpaired) electrons. The highest BCUT2D eigenvalue weighted by Gasteiger charge is 2.51. The fourth-order valence-corrected chi connectivity index (χ4v) is 3.15. The summed E-state index contributed by atoms with van der Waals surface area (Å²) < 4.78 is 11.8. The van der Waals surface area contributed by atoms with Gasteiger partial charge < -0.3 is 14.2 Å². The number of anilines is 1. The number of benzene rings is 1. The number of Topliss-reactive ketones (excluding diaryl/α,β-unsaturated/α-hetero) is 1. The molecule has 2 aliphatic heterocycles. The van der Waals surface area contributed by atoms with Gasteiger partial charge >= 0.3 is 7.12 Å². The van der Waals surface area contributed by atoms with Crippen molar-refractivity contribution in [3.05, 3.63) is 29.8 Å². The Morgan fingerprint density at radius 1 is 1.04 bits per heavy atom. The molecule has 2 aliphatic rings. The maximum Gasteiger partial charge on any atom is 0.465 e. The molecule has 0 amide bonds. The standard InChI is InChI=1S/C18H26BNO3/c1-17(2)18(3,4)23-19(22-17)13-16(21)14-7-9-15(10-8-14)20-11-5-6-12-20/h7-10H,5-6,11-13H2,1-4H3. The molecule has 2 fully saturated rings. The zero-order chi connectivity index (χ0) is 16.7. The normalized spacial score (nSPS) is 22.6. The molecule has 4 nitrogen and oxygen atoms in total. The number of ketones is 1. The lowest BCUT2D eigenvalue weighted by Crippen LogP contribution is -2.41. The van der Waals surface area contributed by atoms with Crippen molar-refractivity contribution >= 4 is 18.6 Å². The van der Waals surface area contributed by atoms with Gasteiger partial charge in [-0.15, -0.1) is 0 Å². The van der Waals surface area contributed by atoms with Crippen molar-refractivity contribution in [2.24, 2.45) is 0 Å². The molecule has 0 N–H and O–H groups in total. The second-order valence-corrected chi connectivity index (χ2v) is 7.55. The molecule has 2 saturated heterocycles. The monoisotopic (exact) mass is 315 g/mol. The number of hydrogen-bond donors (Lipinski definition) is 0. The molecule has 0 atom stereocenters. The van der Waals surface area contributed by atoms with Gasteiger partial charge in [0, 0.05) is 30.7 Å². The molecule has 3 rings (SSSR count). The fourth-order valence-electron chi connectivity index (χ4n) is 3.15. The average Bonchev–Trinajstić information content (AvgIpc) is 3.06. The van der Waals surface area contributed by atoms with E-state index >= 15 is 0 Å². The molecule has 0 bridgehead atoms. The molecule has 124 valence electrons. The van der Waals surface area contributed by atoms with Gasteiger partial charge in [0.1, 0.15) is 0 Å². The summed E-state index contributed by atoms with van der Waals surface area (Å²) in [5.74, 6) is 0.0662. The molecule has 0 aliphatic carbocycles. The van der Waals surface area contributed by atoms with E-state index in [9.17, 15) is 4.79 Å². The van der Waals surface area contributed by atoms with Gasteiger partial charge in [0.2, 0.25) is 0 Å². The molecule has 0 saturated carbocycles. The molecule has 5 heteroatoms. The van der Waals surface area contributed by atoms with Gasteiger partial charge in [-0.25, -0.2) is 0 Å². The molecule has 23 heavy (non-hydrogen) atoms. The van der Waals surface area contributed by atoms with Crippen LogP contribution in [-0.4, -0.2) is 37.2 Å². The number of nitrogens with zero attached hydrogens (tertiary/aromatic N) is 1. The highest BCUT2D eigenvalue weighted by Crippen LogP contribution is 2.38. The van der Waals surface area contributed by atoms with Crippen LogP contribution in [0.1, 0.15) is 50.9 Å². The van der Waals surface area contributed by atoms with Crippen molar-refractivity contribution in [2.45, 2.75) is 58.1 Å². The Hall–Kier alpha value is -1.33. The quantitative estimate of drug-likeness (QED) is 0.629. The van der Waals surface area contributed by atoms with E-state index in [1.165, 1.54) is 18.5 Å². The van der Waals surface area contributed by atoms with Gasteiger partial charge in [-0.2, -0.15) is 0 Å². The minimum Gasteiger partial charge on any atom is -0.403 e. The van der Waals surface area contributed by atoms with E-state index < -0.39 is 18.3 Å². The number of carbonyl (C=O) groups excluding carboxylic acids is 1. The minimum absolute atomic E-state index is 0.0662. The van der Waals surface area contributed by atoms with Gasteiger partial charge in [0.15, 0.2) is 5.78 Å². The summed E-state index contributed by atoms with van der Waals surface area (Å²) in [5.41, 5.74) is 1.15. The summed E-state index contributed by atoms with van der Waals surface area (Å²) in [6.07, 6.45) is 2.77. The molecular weight excluding hydrogens is 289 g/mol. The van der Waals surface area contributed by atoms with Gasteiger partial charge in [0.25, 0.3) is 0 Å². The van der Waals surface area contributed by atoms with Crippen LogP contribution in [0.5, 0.6) is 0 Å². The Morgan fingerprint density at radius 2 is 1.57 bits per heavy atom. The highest BCUT2D eigenvalue weighted by molar-refractivity contribution is 6.51. The summed E-state index contributed by atoms with van der Waals surface area (Å²) in [4.78, 5) is 14.8. The third-order valence-corrected chi connectivity index (χ3v) is 5.31.